The maximum absolute atomic E-state index is 12.7. The van der Waals surface area contributed by atoms with Crippen LogP contribution in [-0.2, 0) is 30.7 Å². The van der Waals surface area contributed by atoms with Gasteiger partial charge in [-0.15, -0.1) is 0 Å². The van der Waals surface area contributed by atoms with Gasteiger partial charge in [-0.1, -0.05) is 91.0 Å². The van der Waals surface area contributed by atoms with Crippen molar-refractivity contribution in [3.8, 4) is 28.7 Å². The van der Waals surface area contributed by atoms with Gasteiger partial charge in [-0.3, -0.25) is 9.69 Å². The topological polar surface area (TPSA) is 85.0 Å². The van der Waals surface area contributed by atoms with Gasteiger partial charge in [0, 0.05) is 25.1 Å². The Hall–Kier alpha value is -5.66. The van der Waals surface area contributed by atoms with Crippen LogP contribution in [0.25, 0.3) is 11.5 Å². The van der Waals surface area contributed by atoms with Gasteiger partial charge in [0.1, 0.15) is 29.1 Å². The van der Waals surface area contributed by atoms with Crippen molar-refractivity contribution in [3.63, 3.8) is 0 Å². The Morgan fingerprint density at radius 3 is 2.04 bits per heavy atom. The van der Waals surface area contributed by atoms with Crippen molar-refractivity contribution in [2.24, 2.45) is 0 Å². The van der Waals surface area contributed by atoms with Gasteiger partial charge in [0.25, 0.3) is 0 Å². The van der Waals surface area contributed by atoms with Crippen LogP contribution in [-0.4, -0.2) is 33.6 Å². The third kappa shape index (κ3) is 8.78. The Labute approximate surface area is 281 Å². The molecule has 7 nitrogen and oxygen atoms in total. The largest absolute Gasteiger partial charge is 0.493 e. The van der Waals surface area contributed by atoms with E-state index in [2.05, 4.69) is 4.98 Å². The monoisotopic (exact) mass is 638 g/mol. The van der Waals surface area contributed by atoms with Crippen LogP contribution in [0, 0.1) is 6.92 Å². The summed E-state index contributed by atoms with van der Waals surface area (Å²) < 4.78 is 18.0. The number of hydrogen-bond donors (Lipinski definition) is 1. The molecule has 1 atom stereocenters. The van der Waals surface area contributed by atoms with Gasteiger partial charge in [-0.05, 0) is 78.6 Å². The quantitative estimate of drug-likeness (QED) is 0.120. The number of ether oxygens (including phenoxy) is 2. The molecule has 0 fully saturated rings. The lowest BCUT2D eigenvalue weighted by atomic mass is 10.0. The fraction of sp³-hybridized carbons (Fsp3) is 0.171. The highest BCUT2D eigenvalue weighted by molar-refractivity contribution is 5.74. The van der Waals surface area contributed by atoms with Crippen molar-refractivity contribution in [1.29, 1.82) is 0 Å². The molecular formula is C41H38N2O5. The SMILES string of the molecule is Cc1oc(-c2ccccc2)nc1CCOc1cccc(CN(Cc2ccc(Oc3ccccc3)cc2)C(Cc2ccccc2)C(=O)O)c1. The summed E-state index contributed by atoms with van der Waals surface area (Å²) >= 11 is 0. The molecule has 0 aliphatic carbocycles. The van der Waals surface area contributed by atoms with Gasteiger partial charge in [0.2, 0.25) is 5.89 Å². The maximum atomic E-state index is 12.7. The highest BCUT2D eigenvalue weighted by Crippen LogP contribution is 2.25. The van der Waals surface area contributed by atoms with Crippen molar-refractivity contribution >= 4 is 5.97 Å². The van der Waals surface area contributed by atoms with E-state index in [0.717, 1.165) is 45.2 Å². The molecule has 1 N–H and O–H groups in total. The minimum atomic E-state index is -0.867. The van der Waals surface area contributed by atoms with E-state index in [0.29, 0.717) is 44.2 Å². The molecule has 0 amide bonds. The van der Waals surface area contributed by atoms with E-state index in [4.69, 9.17) is 13.9 Å². The predicted molar refractivity (Wildman–Crippen MR) is 186 cm³/mol. The van der Waals surface area contributed by atoms with E-state index < -0.39 is 12.0 Å². The number of carboxylic acid groups (broad SMARTS) is 1. The minimum absolute atomic E-state index is 0.379. The lowest BCUT2D eigenvalue weighted by Gasteiger charge is -2.29. The summed E-state index contributed by atoms with van der Waals surface area (Å²) in [7, 11) is 0. The molecule has 1 heterocycles. The maximum Gasteiger partial charge on any atom is 0.321 e. The summed E-state index contributed by atoms with van der Waals surface area (Å²) in [5.74, 6) is 2.71. The Morgan fingerprint density at radius 2 is 1.33 bits per heavy atom. The third-order valence-corrected chi connectivity index (χ3v) is 8.09. The van der Waals surface area contributed by atoms with Crippen LogP contribution in [0.1, 0.15) is 28.1 Å². The van der Waals surface area contributed by atoms with Gasteiger partial charge in [0.15, 0.2) is 0 Å². The number of nitrogens with zero attached hydrogens (tertiary/aromatic N) is 2. The van der Waals surface area contributed by atoms with Gasteiger partial charge in [-0.25, -0.2) is 4.98 Å². The summed E-state index contributed by atoms with van der Waals surface area (Å²) in [6.07, 6.45) is 0.976. The highest BCUT2D eigenvalue weighted by atomic mass is 16.5. The van der Waals surface area contributed by atoms with Crippen LogP contribution in [0.4, 0.5) is 0 Å². The first-order valence-corrected chi connectivity index (χ1v) is 16.1. The average molecular weight is 639 g/mol. The number of carbonyl (C=O) groups is 1. The number of para-hydroxylation sites is 1. The molecule has 0 aliphatic heterocycles. The Morgan fingerprint density at radius 1 is 0.729 bits per heavy atom. The molecule has 7 heteroatoms. The van der Waals surface area contributed by atoms with Gasteiger partial charge >= 0.3 is 5.97 Å². The van der Waals surface area contributed by atoms with Crippen LogP contribution >= 0.6 is 0 Å². The molecule has 6 rings (SSSR count). The molecule has 0 saturated heterocycles. The fourth-order valence-corrected chi connectivity index (χ4v) is 5.61. The standard InChI is InChI=1S/C41H38N2O5/c1-30-38(42-40(47-30)34-15-7-3-8-16-34)24-25-46-37-19-11-14-33(26-37)29-43(39(41(44)45)27-31-12-5-2-6-13-31)28-32-20-22-36(23-21-32)48-35-17-9-4-10-18-35/h2-23,26,39H,24-25,27-29H2,1H3,(H,44,45). The third-order valence-electron chi connectivity index (χ3n) is 8.09. The number of aliphatic carboxylic acids is 1. The number of carboxylic acids is 1. The zero-order chi connectivity index (χ0) is 33.1. The first-order chi connectivity index (χ1) is 23.5. The number of rotatable bonds is 15. The normalized spacial score (nSPS) is 11.7. The lowest BCUT2D eigenvalue weighted by Crippen LogP contribution is -2.42. The molecule has 1 unspecified atom stereocenters. The summed E-state index contributed by atoms with van der Waals surface area (Å²) in [6.45, 7) is 3.21. The second-order valence-electron chi connectivity index (χ2n) is 11.6. The zero-order valence-electron chi connectivity index (χ0n) is 26.9. The highest BCUT2D eigenvalue weighted by Gasteiger charge is 2.26. The summed E-state index contributed by atoms with van der Waals surface area (Å²) in [6, 6.07) is 44.1. The van der Waals surface area contributed by atoms with Crippen molar-refractivity contribution in [1.82, 2.24) is 9.88 Å². The van der Waals surface area contributed by atoms with Gasteiger partial charge in [0.05, 0.1) is 12.3 Å². The van der Waals surface area contributed by atoms with Crippen LogP contribution < -0.4 is 9.47 Å². The van der Waals surface area contributed by atoms with Crippen LogP contribution in [0.5, 0.6) is 17.2 Å². The summed E-state index contributed by atoms with van der Waals surface area (Å²) in [4.78, 5) is 19.4. The summed E-state index contributed by atoms with van der Waals surface area (Å²) in [5.41, 5.74) is 4.71. The number of aromatic nitrogens is 1. The first kappa shape index (κ1) is 32.3. The second-order valence-corrected chi connectivity index (χ2v) is 11.6. The molecule has 0 spiro atoms. The minimum Gasteiger partial charge on any atom is -0.493 e. The molecule has 0 aliphatic rings. The van der Waals surface area contributed by atoms with E-state index in [1.54, 1.807) is 0 Å². The van der Waals surface area contributed by atoms with Crippen LogP contribution in [0.15, 0.2) is 144 Å². The zero-order valence-corrected chi connectivity index (χ0v) is 26.9. The van der Waals surface area contributed by atoms with E-state index >= 15 is 0 Å². The van der Waals surface area contributed by atoms with E-state index in [1.165, 1.54) is 0 Å². The number of benzene rings is 5. The first-order valence-electron chi connectivity index (χ1n) is 16.1. The number of oxazole rings is 1. The molecule has 6 aromatic rings. The molecule has 0 bridgehead atoms. The molecule has 0 radical (unpaired) electrons. The van der Waals surface area contributed by atoms with Gasteiger partial charge in [-0.2, -0.15) is 0 Å². The van der Waals surface area contributed by atoms with Gasteiger partial charge < -0.3 is 19.0 Å². The molecule has 242 valence electrons. The van der Waals surface area contributed by atoms with Crippen LogP contribution in [0.2, 0.25) is 0 Å². The molecule has 5 aromatic carbocycles. The van der Waals surface area contributed by atoms with Crippen molar-refractivity contribution in [2.45, 2.75) is 38.9 Å². The fourth-order valence-electron chi connectivity index (χ4n) is 5.61. The van der Waals surface area contributed by atoms with Crippen molar-refractivity contribution < 1.29 is 23.8 Å². The Kier molecular flexibility index (Phi) is 10.6. The van der Waals surface area contributed by atoms with Crippen molar-refractivity contribution in [3.05, 3.63) is 168 Å². The Bertz CT molecular complexity index is 1890. The average Bonchev–Trinajstić information content (AvgIpc) is 3.49. The van der Waals surface area contributed by atoms with Crippen molar-refractivity contribution in [2.75, 3.05) is 6.61 Å². The van der Waals surface area contributed by atoms with Crippen LogP contribution in [0.3, 0.4) is 0 Å². The smallest absolute Gasteiger partial charge is 0.321 e. The van der Waals surface area contributed by atoms with E-state index in [-0.39, 0.29) is 0 Å². The predicted octanol–water partition coefficient (Wildman–Crippen LogP) is 8.76. The Balaban J connectivity index is 1.15. The lowest BCUT2D eigenvalue weighted by molar-refractivity contribution is -0.143. The van der Waals surface area contributed by atoms with E-state index in [9.17, 15) is 9.90 Å². The number of aryl methyl sites for hydroxylation is 1. The van der Waals surface area contributed by atoms with E-state index in [1.807, 2.05) is 151 Å². The summed E-state index contributed by atoms with van der Waals surface area (Å²) in [5, 5.41) is 10.4. The molecular weight excluding hydrogens is 600 g/mol. The molecule has 0 saturated carbocycles. The number of hydrogen-bond acceptors (Lipinski definition) is 6. The molecule has 1 aromatic heterocycles. The second kappa shape index (κ2) is 15.8. The molecule has 48 heavy (non-hydrogen) atoms.